The molecule has 0 bridgehead atoms. The summed E-state index contributed by atoms with van der Waals surface area (Å²) in [4.78, 5) is 13.3. The van der Waals surface area contributed by atoms with Gasteiger partial charge in [-0.25, -0.2) is 4.98 Å². The highest BCUT2D eigenvalue weighted by molar-refractivity contribution is 7.80. The zero-order chi connectivity index (χ0) is 15.2. The van der Waals surface area contributed by atoms with Crippen molar-refractivity contribution in [1.29, 1.82) is 0 Å². The van der Waals surface area contributed by atoms with Gasteiger partial charge in [0.2, 0.25) is 5.95 Å². The highest BCUT2D eigenvalue weighted by Gasteiger charge is 2.12. The summed E-state index contributed by atoms with van der Waals surface area (Å²) in [5.41, 5.74) is 6.69. The molecule has 0 saturated heterocycles. The quantitative estimate of drug-likeness (QED) is 0.827. The second kappa shape index (κ2) is 6.99. The third-order valence-corrected chi connectivity index (χ3v) is 3.16. The first-order chi connectivity index (χ1) is 10.1. The molecule has 2 N–H and O–H groups in total. The van der Waals surface area contributed by atoms with E-state index in [2.05, 4.69) is 14.9 Å². The van der Waals surface area contributed by atoms with Crippen molar-refractivity contribution in [2.75, 3.05) is 30.4 Å². The Morgan fingerprint density at radius 2 is 1.90 bits per heavy atom. The number of rotatable bonds is 6. The zero-order valence-corrected chi connectivity index (χ0v) is 13.0. The Morgan fingerprint density at radius 3 is 2.52 bits per heavy atom. The van der Waals surface area contributed by atoms with Crippen LogP contribution >= 0.6 is 12.2 Å². The van der Waals surface area contributed by atoms with E-state index in [0.29, 0.717) is 23.9 Å². The molecule has 0 atom stereocenters. The molecule has 1 aromatic heterocycles. The van der Waals surface area contributed by atoms with E-state index >= 15 is 0 Å². The zero-order valence-electron chi connectivity index (χ0n) is 12.2. The highest BCUT2D eigenvalue weighted by Crippen LogP contribution is 2.24. The molecule has 0 radical (unpaired) electrons. The van der Waals surface area contributed by atoms with E-state index in [1.54, 1.807) is 6.20 Å². The second-order valence-electron chi connectivity index (χ2n) is 4.81. The van der Waals surface area contributed by atoms with Crippen molar-refractivity contribution < 1.29 is 0 Å². The van der Waals surface area contributed by atoms with Crippen LogP contribution in [-0.4, -0.2) is 35.6 Å². The average Bonchev–Trinajstić information content (AvgIpc) is 2.48. The third-order valence-electron chi connectivity index (χ3n) is 2.95. The Labute approximate surface area is 130 Å². The van der Waals surface area contributed by atoms with Crippen LogP contribution in [0.1, 0.15) is 6.42 Å². The number of nitrogens with zero attached hydrogens (tertiary/aromatic N) is 4. The minimum absolute atomic E-state index is 0.498. The van der Waals surface area contributed by atoms with Crippen LogP contribution in [0, 0.1) is 0 Å². The molecule has 0 spiro atoms. The van der Waals surface area contributed by atoms with E-state index in [1.165, 1.54) is 0 Å². The molecule has 0 aliphatic carbocycles. The molecule has 2 aromatic rings. The molecule has 2 rings (SSSR count). The van der Waals surface area contributed by atoms with E-state index < -0.39 is 0 Å². The number of anilines is 3. The van der Waals surface area contributed by atoms with Crippen molar-refractivity contribution in [2.45, 2.75) is 6.42 Å². The van der Waals surface area contributed by atoms with Crippen LogP contribution in [0.5, 0.6) is 0 Å². The summed E-state index contributed by atoms with van der Waals surface area (Å²) in [5.74, 6) is 1.50. The van der Waals surface area contributed by atoms with Gasteiger partial charge in [0.1, 0.15) is 5.82 Å². The first-order valence-corrected chi connectivity index (χ1v) is 7.10. The number of hydrogen-bond donors (Lipinski definition) is 1. The van der Waals surface area contributed by atoms with Crippen molar-refractivity contribution in [1.82, 2.24) is 9.97 Å². The summed E-state index contributed by atoms with van der Waals surface area (Å²) in [6.45, 7) is 0.684. The fraction of sp³-hybridized carbons (Fsp3) is 0.267. The molecule has 0 saturated carbocycles. The van der Waals surface area contributed by atoms with Gasteiger partial charge in [0.15, 0.2) is 0 Å². The smallest absolute Gasteiger partial charge is 0.226 e. The maximum absolute atomic E-state index is 5.64. The van der Waals surface area contributed by atoms with Gasteiger partial charge in [-0.2, -0.15) is 4.98 Å². The lowest BCUT2D eigenvalue weighted by Gasteiger charge is -2.24. The normalized spacial score (nSPS) is 10.2. The molecule has 5 nitrogen and oxygen atoms in total. The van der Waals surface area contributed by atoms with Gasteiger partial charge in [-0.1, -0.05) is 30.4 Å². The number of thiocarbonyl (C=S) groups is 1. The van der Waals surface area contributed by atoms with E-state index in [-0.39, 0.29) is 0 Å². The fourth-order valence-corrected chi connectivity index (χ4v) is 2.00. The molecule has 0 amide bonds. The number of hydrogen-bond acceptors (Lipinski definition) is 5. The lowest BCUT2D eigenvalue weighted by atomic mass is 10.2. The summed E-state index contributed by atoms with van der Waals surface area (Å²) < 4.78 is 0. The van der Waals surface area contributed by atoms with Crippen molar-refractivity contribution in [3.8, 4) is 0 Å². The van der Waals surface area contributed by atoms with Gasteiger partial charge in [0.05, 0.1) is 4.99 Å². The minimum Gasteiger partial charge on any atom is -0.393 e. The maximum atomic E-state index is 5.64. The van der Waals surface area contributed by atoms with Gasteiger partial charge in [0.25, 0.3) is 0 Å². The fourth-order valence-electron chi connectivity index (χ4n) is 1.91. The van der Waals surface area contributed by atoms with Crippen molar-refractivity contribution in [3.63, 3.8) is 0 Å². The predicted molar refractivity (Wildman–Crippen MR) is 91.2 cm³/mol. The molecule has 21 heavy (non-hydrogen) atoms. The molecule has 0 unspecified atom stereocenters. The topological polar surface area (TPSA) is 58.3 Å². The van der Waals surface area contributed by atoms with Crippen LogP contribution in [0.25, 0.3) is 0 Å². The Kier molecular flexibility index (Phi) is 5.05. The third kappa shape index (κ3) is 4.13. The van der Waals surface area contributed by atoms with Crippen molar-refractivity contribution in [2.24, 2.45) is 5.73 Å². The molecule has 0 aliphatic rings. The standard InChI is InChI=1S/C15H19N5S/c1-19(2)15-17-10-8-14(18-15)20(11-9-13(16)21)12-6-4-3-5-7-12/h3-8,10H,9,11H2,1-2H3,(H2,16,21). The van der Waals surface area contributed by atoms with E-state index in [1.807, 2.05) is 55.4 Å². The van der Waals surface area contributed by atoms with Gasteiger partial charge in [-0.05, 0) is 18.2 Å². The Balaban J connectivity index is 2.35. The predicted octanol–water partition coefficient (Wildman–Crippen LogP) is 2.36. The van der Waals surface area contributed by atoms with Gasteiger partial charge in [-0.15, -0.1) is 0 Å². The Bertz CT molecular complexity index is 600. The first-order valence-electron chi connectivity index (χ1n) is 6.69. The largest absolute Gasteiger partial charge is 0.393 e. The summed E-state index contributed by atoms with van der Waals surface area (Å²) >= 11 is 4.99. The number of para-hydroxylation sites is 1. The van der Waals surface area contributed by atoms with E-state index in [4.69, 9.17) is 18.0 Å². The number of aromatic nitrogens is 2. The van der Waals surface area contributed by atoms with Gasteiger partial charge >= 0.3 is 0 Å². The Hall–Kier alpha value is -2.21. The number of nitrogens with two attached hydrogens (primary N) is 1. The van der Waals surface area contributed by atoms with Gasteiger partial charge in [0, 0.05) is 38.9 Å². The van der Waals surface area contributed by atoms with Crippen LogP contribution in [0.3, 0.4) is 0 Å². The van der Waals surface area contributed by atoms with Gasteiger partial charge in [-0.3, -0.25) is 0 Å². The number of benzene rings is 1. The lowest BCUT2D eigenvalue weighted by molar-refractivity contribution is 0.918. The summed E-state index contributed by atoms with van der Waals surface area (Å²) in [7, 11) is 3.84. The first kappa shape index (κ1) is 15.2. The summed E-state index contributed by atoms with van der Waals surface area (Å²) in [5, 5.41) is 0. The molecule has 6 heteroatoms. The van der Waals surface area contributed by atoms with Crippen LogP contribution in [-0.2, 0) is 0 Å². The van der Waals surface area contributed by atoms with Crippen LogP contribution < -0.4 is 15.5 Å². The van der Waals surface area contributed by atoms with Crippen molar-refractivity contribution >= 4 is 34.7 Å². The molecule has 1 aromatic carbocycles. The van der Waals surface area contributed by atoms with Crippen molar-refractivity contribution in [3.05, 3.63) is 42.6 Å². The molecular weight excluding hydrogens is 282 g/mol. The highest BCUT2D eigenvalue weighted by atomic mass is 32.1. The maximum Gasteiger partial charge on any atom is 0.226 e. The SMILES string of the molecule is CN(C)c1nccc(N(CCC(N)=S)c2ccccc2)n1. The monoisotopic (exact) mass is 301 g/mol. The Morgan fingerprint density at radius 1 is 1.19 bits per heavy atom. The van der Waals surface area contributed by atoms with E-state index in [0.717, 1.165) is 11.5 Å². The van der Waals surface area contributed by atoms with Crippen LogP contribution in [0.15, 0.2) is 42.6 Å². The molecule has 1 heterocycles. The van der Waals surface area contributed by atoms with Crippen LogP contribution in [0.2, 0.25) is 0 Å². The molecular formula is C15H19N5S. The van der Waals surface area contributed by atoms with Crippen LogP contribution in [0.4, 0.5) is 17.5 Å². The minimum atomic E-state index is 0.498. The molecule has 0 fully saturated rings. The molecule has 110 valence electrons. The summed E-state index contributed by atoms with van der Waals surface area (Å²) in [6.07, 6.45) is 2.39. The second-order valence-corrected chi connectivity index (χ2v) is 5.34. The average molecular weight is 301 g/mol. The molecule has 0 aliphatic heterocycles. The van der Waals surface area contributed by atoms with E-state index in [9.17, 15) is 0 Å². The van der Waals surface area contributed by atoms with Gasteiger partial charge < -0.3 is 15.5 Å². The lowest BCUT2D eigenvalue weighted by Crippen LogP contribution is -2.24. The summed E-state index contributed by atoms with van der Waals surface area (Å²) in [6, 6.07) is 11.9.